The molecule has 2 aliphatic rings. The van der Waals surface area contributed by atoms with E-state index in [2.05, 4.69) is 4.99 Å². The average molecular weight is 122 g/mol. The summed E-state index contributed by atoms with van der Waals surface area (Å²) >= 11 is 0. The predicted molar refractivity (Wildman–Crippen MR) is 37.3 cm³/mol. The van der Waals surface area contributed by atoms with Crippen LogP contribution in [0, 0.1) is 5.92 Å². The van der Waals surface area contributed by atoms with Crippen molar-refractivity contribution in [2.45, 2.75) is 12.8 Å². The molecule has 1 aliphatic heterocycles. The molecule has 0 spiro atoms. The van der Waals surface area contributed by atoms with Crippen LogP contribution in [0.4, 0.5) is 0 Å². The van der Waals surface area contributed by atoms with E-state index in [1.165, 1.54) is 18.4 Å². The first kappa shape index (κ1) is 5.03. The van der Waals surface area contributed by atoms with Crippen molar-refractivity contribution in [1.29, 1.82) is 0 Å². The first-order valence-corrected chi connectivity index (χ1v) is 3.36. The Bertz CT molecular complexity index is 187. The molecule has 1 fully saturated rings. The van der Waals surface area contributed by atoms with Crippen molar-refractivity contribution in [2.75, 3.05) is 6.54 Å². The lowest BCUT2D eigenvalue weighted by molar-refractivity contribution is 0.959. The minimum Gasteiger partial charge on any atom is -0.384 e. The molecule has 2 nitrogen and oxygen atoms in total. The van der Waals surface area contributed by atoms with E-state index in [4.69, 9.17) is 5.73 Å². The lowest BCUT2D eigenvalue weighted by atomic mass is 10.2. The SMILES string of the molecule is NC1=NCC(C2CC2)=C1. The summed E-state index contributed by atoms with van der Waals surface area (Å²) in [6.45, 7) is 0.872. The Balaban J connectivity index is 2.09. The standard InChI is InChI=1S/C7H10N2/c8-7-3-6(4-9-7)5-1-2-5/h3,5H,1-2,4H2,(H2,8,9). The van der Waals surface area contributed by atoms with Crippen molar-refractivity contribution in [2.24, 2.45) is 16.6 Å². The third kappa shape index (κ3) is 0.846. The Hall–Kier alpha value is -0.790. The van der Waals surface area contributed by atoms with Crippen LogP contribution in [0.3, 0.4) is 0 Å². The highest BCUT2D eigenvalue weighted by Gasteiger charge is 2.27. The molecule has 0 aromatic heterocycles. The minimum atomic E-state index is 0.719. The average Bonchev–Trinajstić information content (AvgIpc) is 2.58. The molecule has 2 heteroatoms. The monoisotopic (exact) mass is 122 g/mol. The van der Waals surface area contributed by atoms with Gasteiger partial charge in [0, 0.05) is 0 Å². The van der Waals surface area contributed by atoms with Gasteiger partial charge in [0.25, 0.3) is 0 Å². The van der Waals surface area contributed by atoms with Gasteiger partial charge < -0.3 is 5.73 Å². The fourth-order valence-corrected chi connectivity index (χ4v) is 1.16. The fraction of sp³-hybridized carbons (Fsp3) is 0.571. The normalized spacial score (nSPS) is 25.8. The van der Waals surface area contributed by atoms with Crippen molar-refractivity contribution < 1.29 is 0 Å². The van der Waals surface area contributed by atoms with Gasteiger partial charge in [0.2, 0.25) is 0 Å². The Morgan fingerprint density at radius 3 is 2.78 bits per heavy atom. The van der Waals surface area contributed by atoms with Crippen LogP contribution in [0.2, 0.25) is 0 Å². The van der Waals surface area contributed by atoms with Gasteiger partial charge in [-0.05, 0) is 30.4 Å². The third-order valence-corrected chi connectivity index (χ3v) is 1.88. The number of hydrogen-bond acceptors (Lipinski definition) is 2. The highest BCUT2D eigenvalue weighted by atomic mass is 14.9. The van der Waals surface area contributed by atoms with Gasteiger partial charge in [0.05, 0.1) is 6.54 Å². The smallest absolute Gasteiger partial charge is 0.118 e. The van der Waals surface area contributed by atoms with Gasteiger partial charge >= 0.3 is 0 Å². The van der Waals surface area contributed by atoms with E-state index in [1.807, 2.05) is 6.08 Å². The van der Waals surface area contributed by atoms with Gasteiger partial charge in [-0.25, -0.2) is 0 Å². The highest BCUT2D eigenvalue weighted by Crippen LogP contribution is 2.37. The van der Waals surface area contributed by atoms with Crippen LogP contribution < -0.4 is 5.73 Å². The van der Waals surface area contributed by atoms with Crippen molar-refractivity contribution >= 4 is 5.84 Å². The van der Waals surface area contributed by atoms with Crippen molar-refractivity contribution in [1.82, 2.24) is 0 Å². The fourth-order valence-electron chi connectivity index (χ4n) is 1.16. The zero-order valence-corrected chi connectivity index (χ0v) is 5.30. The number of hydrogen-bond donors (Lipinski definition) is 1. The largest absolute Gasteiger partial charge is 0.384 e. The van der Waals surface area contributed by atoms with Crippen LogP contribution in [0.25, 0.3) is 0 Å². The maximum absolute atomic E-state index is 5.46. The molecule has 2 rings (SSSR count). The summed E-state index contributed by atoms with van der Waals surface area (Å²) in [5.41, 5.74) is 6.92. The predicted octanol–water partition coefficient (Wildman–Crippen LogP) is 0.694. The third-order valence-electron chi connectivity index (χ3n) is 1.88. The number of nitrogens with two attached hydrogens (primary N) is 1. The quantitative estimate of drug-likeness (QED) is 0.546. The topological polar surface area (TPSA) is 38.4 Å². The summed E-state index contributed by atoms with van der Waals surface area (Å²) in [6, 6.07) is 0. The second-order valence-corrected chi connectivity index (χ2v) is 2.73. The van der Waals surface area contributed by atoms with E-state index in [0.717, 1.165) is 18.3 Å². The van der Waals surface area contributed by atoms with Crippen LogP contribution in [0.1, 0.15) is 12.8 Å². The van der Waals surface area contributed by atoms with E-state index in [-0.39, 0.29) is 0 Å². The molecule has 9 heavy (non-hydrogen) atoms. The molecule has 2 N–H and O–H groups in total. The van der Waals surface area contributed by atoms with Gasteiger partial charge in [-0.3, -0.25) is 4.99 Å². The van der Waals surface area contributed by atoms with Crippen LogP contribution in [0.15, 0.2) is 16.6 Å². The lowest BCUT2D eigenvalue weighted by Crippen LogP contribution is -2.03. The van der Waals surface area contributed by atoms with E-state index in [0.29, 0.717) is 0 Å². The molecule has 1 saturated carbocycles. The highest BCUT2D eigenvalue weighted by molar-refractivity contribution is 5.94. The Morgan fingerprint density at radius 1 is 1.56 bits per heavy atom. The summed E-state index contributed by atoms with van der Waals surface area (Å²) in [5, 5.41) is 0. The molecule has 0 atom stereocenters. The molecule has 0 radical (unpaired) electrons. The zero-order chi connectivity index (χ0) is 6.27. The second-order valence-electron chi connectivity index (χ2n) is 2.73. The Morgan fingerprint density at radius 2 is 2.33 bits per heavy atom. The molecular formula is C7H10N2. The number of aliphatic imine (C=N–C) groups is 1. The summed E-state index contributed by atoms with van der Waals surface area (Å²) in [6.07, 6.45) is 4.74. The van der Waals surface area contributed by atoms with Crippen LogP contribution in [-0.2, 0) is 0 Å². The summed E-state index contributed by atoms with van der Waals surface area (Å²) in [5.74, 6) is 1.56. The maximum Gasteiger partial charge on any atom is 0.118 e. The zero-order valence-electron chi connectivity index (χ0n) is 5.30. The second kappa shape index (κ2) is 1.59. The molecule has 0 saturated heterocycles. The maximum atomic E-state index is 5.46. The van der Waals surface area contributed by atoms with Crippen LogP contribution in [-0.4, -0.2) is 12.4 Å². The van der Waals surface area contributed by atoms with Gasteiger partial charge in [-0.1, -0.05) is 0 Å². The molecule has 0 bridgehead atoms. The summed E-state index contributed by atoms with van der Waals surface area (Å²) < 4.78 is 0. The Kier molecular flexibility index (Phi) is 0.891. The molecule has 48 valence electrons. The lowest BCUT2D eigenvalue weighted by Gasteiger charge is -1.90. The molecular weight excluding hydrogens is 112 g/mol. The summed E-state index contributed by atoms with van der Waals surface area (Å²) in [7, 11) is 0. The van der Waals surface area contributed by atoms with E-state index in [1.54, 1.807) is 0 Å². The molecule has 1 aliphatic carbocycles. The van der Waals surface area contributed by atoms with Crippen molar-refractivity contribution in [3.8, 4) is 0 Å². The number of nitrogens with zero attached hydrogens (tertiary/aromatic N) is 1. The molecule has 0 amide bonds. The first-order valence-electron chi connectivity index (χ1n) is 3.36. The van der Waals surface area contributed by atoms with Gasteiger partial charge in [-0.2, -0.15) is 0 Å². The van der Waals surface area contributed by atoms with Crippen LogP contribution in [0.5, 0.6) is 0 Å². The minimum absolute atomic E-state index is 0.719. The van der Waals surface area contributed by atoms with E-state index < -0.39 is 0 Å². The first-order chi connectivity index (χ1) is 4.36. The molecule has 0 aromatic carbocycles. The summed E-state index contributed by atoms with van der Waals surface area (Å²) in [4.78, 5) is 4.08. The van der Waals surface area contributed by atoms with Crippen LogP contribution >= 0.6 is 0 Å². The number of amidine groups is 1. The van der Waals surface area contributed by atoms with E-state index in [9.17, 15) is 0 Å². The van der Waals surface area contributed by atoms with Gasteiger partial charge in [0.1, 0.15) is 5.84 Å². The van der Waals surface area contributed by atoms with Crippen molar-refractivity contribution in [3.63, 3.8) is 0 Å². The molecule has 0 unspecified atom stereocenters. The van der Waals surface area contributed by atoms with Crippen molar-refractivity contribution in [3.05, 3.63) is 11.6 Å². The molecule has 0 aromatic rings. The van der Waals surface area contributed by atoms with E-state index >= 15 is 0 Å². The molecule has 1 heterocycles. The van der Waals surface area contributed by atoms with Gasteiger partial charge in [0.15, 0.2) is 0 Å². The Labute approximate surface area is 54.5 Å². The number of rotatable bonds is 1. The van der Waals surface area contributed by atoms with Gasteiger partial charge in [-0.15, -0.1) is 0 Å².